The van der Waals surface area contributed by atoms with E-state index < -0.39 is 16.9 Å². The van der Waals surface area contributed by atoms with Crippen molar-refractivity contribution in [2.45, 2.75) is 24.9 Å². The minimum absolute atomic E-state index is 0.155. The fraction of sp³-hybridized carbons (Fsp3) is 0.364. The van der Waals surface area contributed by atoms with Crippen molar-refractivity contribution in [3.63, 3.8) is 0 Å². The minimum Gasteiger partial charge on any atom is -0.374 e. The van der Waals surface area contributed by atoms with Gasteiger partial charge in [-0.2, -0.15) is 5.26 Å². The monoisotopic (exact) mass is 219 g/mol. The molecule has 82 valence electrons. The van der Waals surface area contributed by atoms with Crippen LogP contribution in [-0.2, 0) is 5.41 Å². The van der Waals surface area contributed by atoms with Crippen molar-refractivity contribution in [2.75, 3.05) is 0 Å². The molecule has 0 heterocycles. The average Bonchev–Trinajstić information content (AvgIpc) is 2.16. The van der Waals surface area contributed by atoms with E-state index >= 15 is 0 Å². The highest BCUT2D eigenvalue weighted by Crippen LogP contribution is 2.33. The highest BCUT2D eigenvalue weighted by molar-refractivity contribution is 6.14. The molecular formula is C11H11BFNO2. The molecule has 16 heavy (non-hydrogen) atoms. The SMILES string of the molecule is [B]C(O)(O)C(C)(C)c1cc(F)ccc1C#N. The van der Waals surface area contributed by atoms with Crippen LogP contribution in [0, 0.1) is 17.1 Å². The molecule has 5 heteroatoms. The number of rotatable bonds is 2. The van der Waals surface area contributed by atoms with Crippen LogP contribution >= 0.6 is 0 Å². The lowest BCUT2D eigenvalue weighted by molar-refractivity contribution is -0.133. The Morgan fingerprint density at radius 2 is 1.94 bits per heavy atom. The van der Waals surface area contributed by atoms with Gasteiger partial charge in [-0.15, -0.1) is 0 Å². The summed E-state index contributed by atoms with van der Waals surface area (Å²) in [5.74, 6) is -0.564. The summed E-state index contributed by atoms with van der Waals surface area (Å²) in [6.07, 6.45) is 0. The second-order valence-electron chi connectivity index (χ2n) is 4.15. The fourth-order valence-corrected chi connectivity index (χ4v) is 1.33. The zero-order valence-electron chi connectivity index (χ0n) is 9.03. The van der Waals surface area contributed by atoms with Gasteiger partial charge < -0.3 is 10.2 Å². The Morgan fingerprint density at radius 1 is 1.38 bits per heavy atom. The van der Waals surface area contributed by atoms with Crippen LogP contribution in [0.25, 0.3) is 0 Å². The summed E-state index contributed by atoms with van der Waals surface area (Å²) in [5.41, 5.74) is -3.58. The number of halogens is 1. The lowest BCUT2D eigenvalue weighted by Gasteiger charge is -2.37. The van der Waals surface area contributed by atoms with Crippen LogP contribution < -0.4 is 0 Å². The summed E-state index contributed by atoms with van der Waals surface area (Å²) in [6, 6.07) is 5.34. The van der Waals surface area contributed by atoms with Gasteiger partial charge >= 0.3 is 0 Å². The van der Waals surface area contributed by atoms with Crippen molar-refractivity contribution in [2.24, 2.45) is 0 Å². The van der Waals surface area contributed by atoms with Gasteiger partial charge in [0.2, 0.25) is 0 Å². The van der Waals surface area contributed by atoms with Crippen LogP contribution in [0.2, 0.25) is 0 Å². The number of nitrogens with zero attached hydrogens (tertiary/aromatic N) is 1. The van der Waals surface area contributed by atoms with Crippen molar-refractivity contribution < 1.29 is 14.6 Å². The molecule has 0 fully saturated rings. The molecule has 2 radical (unpaired) electrons. The highest BCUT2D eigenvalue weighted by atomic mass is 19.1. The molecule has 0 saturated heterocycles. The topological polar surface area (TPSA) is 64.2 Å². The molecule has 0 bridgehead atoms. The molecule has 0 aliphatic rings. The van der Waals surface area contributed by atoms with Crippen molar-refractivity contribution in [1.82, 2.24) is 0 Å². The zero-order valence-corrected chi connectivity index (χ0v) is 9.03. The number of nitriles is 1. The lowest BCUT2D eigenvalue weighted by Crippen LogP contribution is -2.48. The first-order valence-corrected chi connectivity index (χ1v) is 4.64. The van der Waals surface area contributed by atoms with E-state index in [1.807, 2.05) is 6.07 Å². The standard InChI is InChI=1S/C11H11BFNO2/c1-10(2,11(12,15)16)9-5-8(13)4-3-7(9)6-14/h3-5,15-16H,1-2H3. The summed E-state index contributed by atoms with van der Waals surface area (Å²) in [7, 11) is 5.20. The van der Waals surface area contributed by atoms with E-state index in [0.717, 1.165) is 12.1 Å². The Morgan fingerprint density at radius 3 is 2.38 bits per heavy atom. The molecule has 0 aliphatic heterocycles. The Bertz CT molecular complexity index is 446. The molecule has 0 saturated carbocycles. The molecule has 0 atom stereocenters. The van der Waals surface area contributed by atoms with Crippen LogP contribution in [0.1, 0.15) is 25.0 Å². The van der Waals surface area contributed by atoms with E-state index in [2.05, 4.69) is 0 Å². The summed E-state index contributed by atoms with van der Waals surface area (Å²) < 4.78 is 13.1. The van der Waals surface area contributed by atoms with Gasteiger partial charge in [-0.25, -0.2) is 4.39 Å². The van der Waals surface area contributed by atoms with E-state index in [0.29, 0.717) is 0 Å². The smallest absolute Gasteiger partial charge is 0.154 e. The Hall–Kier alpha value is -1.38. The number of hydrogen-bond acceptors (Lipinski definition) is 3. The van der Waals surface area contributed by atoms with Gasteiger partial charge in [0, 0.05) is 5.41 Å². The van der Waals surface area contributed by atoms with Crippen LogP contribution in [0.4, 0.5) is 4.39 Å². The summed E-state index contributed by atoms with van der Waals surface area (Å²) in [6.45, 7) is 2.84. The Labute approximate surface area is 94.6 Å². The zero-order chi connectivity index (χ0) is 12.6. The Balaban J connectivity index is 3.44. The number of aliphatic hydroxyl groups is 2. The first-order chi connectivity index (χ1) is 7.20. The molecule has 1 aromatic carbocycles. The summed E-state index contributed by atoms with van der Waals surface area (Å²) >= 11 is 0. The van der Waals surface area contributed by atoms with Gasteiger partial charge in [0.15, 0.2) is 7.85 Å². The largest absolute Gasteiger partial charge is 0.374 e. The van der Waals surface area contributed by atoms with Gasteiger partial charge in [-0.3, -0.25) is 0 Å². The van der Waals surface area contributed by atoms with Crippen LogP contribution in [0.3, 0.4) is 0 Å². The molecule has 1 rings (SSSR count). The molecule has 0 aliphatic carbocycles. The summed E-state index contributed by atoms with van der Waals surface area (Å²) in [4.78, 5) is 0. The first-order valence-electron chi connectivity index (χ1n) is 4.64. The predicted molar refractivity (Wildman–Crippen MR) is 57.1 cm³/mol. The highest BCUT2D eigenvalue weighted by Gasteiger charge is 2.39. The second kappa shape index (κ2) is 3.89. The molecule has 0 unspecified atom stereocenters. The maximum Gasteiger partial charge on any atom is 0.154 e. The first kappa shape index (κ1) is 12.7. The third kappa shape index (κ3) is 2.08. The third-order valence-electron chi connectivity index (χ3n) is 2.70. The van der Waals surface area contributed by atoms with Crippen molar-refractivity contribution in [3.8, 4) is 6.07 Å². The second-order valence-corrected chi connectivity index (χ2v) is 4.15. The normalized spacial score (nSPS) is 12.2. The number of benzene rings is 1. The maximum absolute atomic E-state index is 13.1. The van der Waals surface area contributed by atoms with Crippen LogP contribution in [0.15, 0.2) is 18.2 Å². The average molecular weight is 219 g/mol. The summed E-state index contributed by atoms with van der Waals surface area (Å²) in [5, 5.41) is 27.7. The lowest BCUT2D eigenvalue weighted by atomic mass is 9.66. The maximum atomic E-state index is 13.1. The van der Waals surface area contributed by atoms with E-state index in [-0.39, 0.29) is 11.1 Å². The molecule has 2 N–H and O–H groups in total. The van der Waals surface area contributed by atoms with E-state index in [9.17, 15) is 14.6 Å². The van der Waals surface area contributed by atoms with Gasteiger partial charge in [-0.05, 0) is 23.8 Å². The van der Waals surface area contributed by atoms with Crippen LogP contribution in [-0.4, -0.2) is 23.7 Å². The Kier molecular flexibility index (Phi) is 3.09. The fourth-order valence-electron chi connectivity index (χ4n) is 1.33. The molecule has 0 amide bonds. The number of hydrogen-bond donors (Lipinski definition) is 2. The van der Waals surface area contributed by atoms with Gasteiger partial charge in [0.05, 0.1) is 11.6 Å². The van der Waals surface area contributed by atoms with E-state index in [4.69, 9.17) is 13.1 Å². The van der Waals surface area contributed by atoms with Crippen molar-refractivity contribution in [1.29, 1.82) is 5.26 Å². The quantitative estimate of drug-likeness (QED) is 0.570. The predicted octanol–water partition coefficient (Wildman–Crippen LogP) is 0.782. The van der Waals surface area contributed by atoms with Crippen molar-refractivity contribution in [3.05, 3.63) is 35.1 Å². The molecule has 3 nitrogen and oxygen atoms in total. The van der Waals surface area contributed by atoms with Crippen molar-refractivity contribution >= 4 is 7.85 Å². The molecule has 0 spiro atoms. The van der Waals surface area contributed by atoms with Crippen LogP contribution in [0.5, 0.6) is 0 Å². The van der Waals surface area contributed by atoms with E-state index in [1.54, 1.807) is 0 Å². The molecule has 1 aromatic rings. The van der Waals surface area contributed by atoms with Gasteiger partial charge in [0.25, 0.3) is 0 Å². The van der Waals surface area contributed by atoms with E-state index in [1.165, 1.54) is 19.9 Å². The third-order valence-corrected chi connectivity index (χ3v) is 2.70. The van der Waals surface area contributed by atoms with Gasteiger partial charge in [0.1, 0.15) is 11.5 Å². The molecule has 0 aromatic heterocycles. The molecular weight excluding hydrogens is 208 g/mol. The minimum atomic E-state index is -2.54. The van der Waals surface area contributed by atoms with Gasteiger partial charge in [-0.1, -0.05) is 13.8 Å².